The van der Waals surface area contributed by atoms with Crippen LogP contribution in [0, 0.1) is 0 Å². The molecule has 0 aliphatic rings. The molecule has 0 fully saturated rings. The van der Waals surface area contributed by atoms with Crippen molar-refractivity contribution in [1.29, 1.82) is 0 Å². The van der Waals surface area contributed by atoms with Crippen LogP contribution in [0.2, 0.25) is 0 Å². The zero-order valence-corrected chi connectivity index (χ0v) is 13.4. The summed E-state index contributed by atoms with van der Waals surface area (Å²) in [6.45, 7) is 3.64. The van der Waals surface area contributed by atoms with E-state index in [0.29, 0.717) is 12.8 Å². The summed E-state index contributed by atoms with van der Waals surface area (Å²) >= 11 is 16.4. The fraction of sp³-hybridized carbons (Fsp3) is 0.727. The lowest BCUT2D eigenvalue weighted by Crippen LogP contribution is -2.48. The molecule has 1 N–H and O–H groups in total. The Bertz CT molecular complexity index is 403. The molecule has 0 aliphatic heterocycles. The minimum atomic E-state index is -2.17. The van der Waals surface area contributed by atoms with Gasteiger partial charge in [0.05, 0.1) is 6.61 Å². The predicted octanol–water partition coefficient (Wildman–Crippen LogP) is 2.27. The Morgan fingerprint density at radius 2 is 1.95 bits per heavy atom. The highest BCUT2D eigenvalue weighted by molar-refractivity contribution is 6.76. The summed E-state index contributed by atoms with van der Waals surface area (Å²) < 4.78 is 2.58. The van der Waals surface area contributed by atoms with Crippen LogP contribution >= 0.6 is 34.8 Å². The van der Waals surface area contributed by atoms with E-state index in [2.05, 4.69) is 10.1 Å². The number of unbranched alkanes of at least 4 members (excludes halogenated alkanes) is 1. The van der Waals surface area contributed by atoms with E-state index in [1.54, 1.807) is 6.92 Å². The van der Waals surface area contributed by atoms with Crippen molar-refractivity contribution in [3.63, 3.8) is 0 Å². The molecule has 0 aromatic carbocycles. The normalized spacial score (nSPS) is 12.2. The Balaban J connectivity index is 5.08. The SMILES string of the molecule is CCCC[C@H](NC(=O)C(Cl)(Cl)Cl)C(=[N+]=[N-])C(=O)OCC. The average molecular weight is 345 g/mol. The number of hydrogen-bond acceptors (Lipinski definition) is 3. The molecule has 0 aromatic heterocycles. The maximum atomic E-state index is 11.6. The molecule has 0 radical (unpaired) electrons. The second-order valence-electron chi connectivity index (χ2n) is 3.87. The van der Waals surface area contributed by atoms with E-state index >= 15 is 0 Å². The molecule has 6 nitrogen and oxygen atoms in total. The lowest BCUT2D eigenvalue weighted by atomic mass is 10.0. The van der Waals surface area contributed by atoms with Gasteiger partial charge < -0.3 is 15.6 Å². The third-order valence-electron chi connectivity index (χ3n) is 2.33. The number of carbonyl (C=O) groups is 2. The molecule has 1 amide bonds. The highest BCUT2D eigenvalue weighted by Crippen LogP contribution is 2.26. The molecule has 0 unspecified atom stereocenters. The summed E-state index contributed by atoms with van der Waals surface area (Å²) in [5, 5.41) is 2.36. The molecular weight excluding hydrogens is 328 g/mol. The highest BCUT2D eigenvalue weighted by Gasteiger charge is 2.38. The van der Waals surface area contributed by atoms with Crippen molar-refractivity contribution >= 4 is 52.4 Å². The summed E-state index contributed by atoms with van der Waals surface area (Å²) in [7, 11) is 0. The fourth-order valence-corrected chi connectivity index (χ4v) is 1.55. The molecular formula is C11H16Cl3N3O3. The number of halogens is 3. The topological polar surface area (TPSA) is 91.8 Å². The van der Waals surface area contributed by atoms with Gasteiger partial charge in [0.1, 0.15) is 6.04 Å². The van der Waals surface area contributed by atoms with Crippen molar-refractivity contribution in [3.05, 3.63) is 5.53 Å². The predicted molar refractivity (Wildman–Crippen MR) is 77.0 cm³/mol. The molecule has 114 valence electrons. The Labute approximate surface area is 132 Å². The lowest BCUT2D eigenvalue weighted by molar-refractivity contribution is -0.140. The van der Waals surface area contributed by atoms with Crippen LogP contribution in [-0.4, -0.2) is 38.8 Å². The van der Waals surface area contributed by atoms with Gasteiger partial charge in [0, 0.05) is 0 Å². The number of amides is 1. The molecule has 0 saturated carbocycles. The van der Waals surface area contributed by atoms with Gasteiger partial charge in [0.15, 0.2) is 0 Å². The van der Waals surface area contributed by atoms with Crippen molar-refractivity contribution in [1.82, 2.24) is 5.32 Å². The van der Waals surface area contributed by atoms with Gasteiger partial charge >= 0.3 is 11.7 Å². The molecule has 20 heavy (non-hydrogen) atoms. The lowest BCUT2D eigenvalue weighted by Gasteiger charge is -2.17. The Kier molecular flexibility index (Phi) is 8.81. The first-order valence-electron chi connectivity index (χ1n) is 6.04. The summed E-state index contributed by atoms with van der Waals surface area (Å²) in [4.78, 5) is 26.2. The summed E-state index contributed by atoms with van der Waals surface area (Å²) in [6.07, 6.45) is 1.83. The molecule has 9 heteroatoms. The van der Waals surface area contributed by atoms with Crippen LogP contribution in [-0.2, 0) is 14.3 Å². The van der Waals surface area contributed by atoms with E-state index in [9.17, 15) is 9.59 Å². The summed E-state index contributed by atoms with van der Waals surface area (Å²) in [5.41, 5.74) is 8.61. The third-order valence-corrected chi connectivity index (χ3v) is 2.85. The van der Waals surface area contributed by atoms with Crippen LogP contribution in [0.4, 0.5) is 0 Å². The zero-order valence-electron chi connectivity index (χ0n) is 11.2. The van der Waals surface area contributed by atoms with Crippen LogP contribution in [0.25, 0.3) is 5.53 Å². The highest BCUT2D eigenvalue weighted by atomic mass is 35.6. The number of rotatable bonds is 7. The van der Waals surface area contributed by atoms with E-state index in [1.807, 2.05) is 6.92 Å². The first kappa shape index (κ1) is 19.2. The van der Waals surface area contributed by atoms with Crippen LogP contribution in [0.3, 0.4) is 0 Å². The van der Waals surface area contributed by atoms with E-state index in [4.69, 9.17) is 45.1 Å². The van der Waals surface area contributed by atoms with Crippen LogP contribution in [0.15, 0.2) is 0 Å². The van der Waals surface area contributed by atoms with E-state index in [-0.39, 0.29) is 12.3 Å². The third kappa shape index (κ3) is 6.57. The van der Waals surface area contributed by atoms with Gasteiger partial charge in [-0.1, -0.05) is 54.6 Å². The molecule has 0 aromatic rings. The second-order valence-corrected chi connectivity index (χ2v) is 6.15. The molecule has 0 bridgehead atoms. The van der Waals surface area contributed by atoms with Gasteiger partial charge in [0.25, 0.3) is 9.70 Å². The van der Waals surface area contributed by atoms with Crippen LogP contribution in [0.5, 0.6) is 0 Å². The van der Waals surface area contributed by atoms with Crippen molar-refractivity contribution in [3.8, 4) is 0 Å². The van der Waals surface area contributed by atoms with Crippen molar-refractivity contribution in [2.75, 3.05) is 6.61 Å². The number of alkyl halides is 3. The number of esters is 1. The molecule has 0 aliphatic carbocycles. The summed E-state index contributed by atoms with van der Waals surface area (Å²) in [5.74, 6) is -1.74. The molecule has 0 spiro atoms. The number of nitrogens with zero attached hydrogens (tertiary/aromatic N) is 2. The van der Waals surface area contributed by atoms with Crippen LogP contribution < -0.4 is 5.32 Å². The van der Waals surface area contributed by atoms with Gasteiger partial charge in [-0.2, -0.15) is 4.79 Å². The molecule has 1 atom stereocenters. The van der Waals surface area contributed by atoms with Gasteiger partial charge in [0.2, 0.25) is 0 Å². The number of ether oxygens (including phenoxy) is 1. The quantitative estimate of drug-likeness (QED) is 0.252. The second kappa shape index (κ2) is 9.19. The first-order chi connectivity index (χ1) is 9.27. The van der Waals surface area contributed by atoms with Crippen LogP contribution in [0.1, 0.15) is 33.1 Å². The van der Waals surface area contributed by atoms with Crippen molar-refractivity contribution in [2.24, 2.45) is 0 Å². The molecule has 0 saturated heterocycles. The largest absolute Gasteiger partial charge is 0.457 e. The fourth-order valence-electron chi connectivity index (χ4n) is 1.38. The molecule has 0 heterocycles. The van der Waals surface area contributed by atoms with Gasteiger partial charge in [-0.15, -0.1) is 0 Å². The monoisotopic (exact) mass is 343 g/mol. The number of nitrogens with one attached hydrogen (secondary N) is 1. The minimum absolute atomic E-state index is 0.108. The first-order valence-corrected chi connectivity index (χ1v) is 7.18. The standard InChI is InChI=1S/C11H16Cl3N3O3/c1-3-5-6-7(16-10(19)11(12,13)14)8(17-15)9(18)20-4-2/h7H,3-6H2,1-2H3,(H,16,19)/t7-/m0/s1. The maximum absolute atomic E-state index is 11.6. The smallest absolute Gasteiger partial charge is 0.419 e. The summed E-state index contributed by atoms with van der Waals surface area (Å²) in [6, 6.07) is -0.887. The maximum Gasteiger partial charge on any atom is 0.419 e. The number of hydrogen-bond donors (Lipinski definition) is 1. The number of carbonyl (C=O) groups excluding carboxylic acids is 2. The Morgan fingerprint density at radius 3 is 2.35 bits per heavy atom. The molecule has 0 rings (SSSR count). The average Bonchev–Trinajstić information content (AvgIpc) is 2.35. The Morgan fingerprint density at radius 1 is 1.35 bits per heavy atom. The Hall–Kier alpha value is -0.810. The van der Waals surface area contributed by atoms with E-state index < -0.39 is 21.7 Å². The van der Waals surface area contributed by atoms with Crippen molar-refractivity contribution < 1.29 is 19.1 Å². The minimum Gasteiger partial charge on any atom is -0.457 e. The van der Waals surface area contributed by atoms with Gasteiger partial charge in [-0.3, -0.25) is 4.79 Å². The van der Waals surface area contributed by atoms with Gasteiger partial charge in [-0.25, -0.2) is 4.79 Å². The van der Waals surface area contributed by atoms with E-state index in [0.717, 1.165) is 6.42 Å². The van der Waals surface area contributed by atoms with Crippen molar-refractivity contribution in [2.45, 2.75) is 42.9 Å². The van der Waals surface area contributed by atoms with Gasteiger partial charge in [-0.05, 0) is 13.3 Å². The zero-order chi connectivity index (χ0) is 15.8. The van der Waals surface area contributed by atoms with E-state index in [1.165, 1.54) is 0 Å².